The van der Waals surface area contributed by atoms with Crippen molar-refractivity contribution in [2.24, 2.45) is 5.41 Å². The highest BCUT2D eigenvalue weighted by molar-refractivity contribution is 5.53. The van der Waals surface area contributed by atoms with Gasteiger partial charge in [-0.2, -0.15) is 5.10 Å². The van der Waals surface area contributed by atoms with Crippen molar-refractivity contribution in [1.29, 1.82) is 0 Å². The number of nitrogens with zero attached hydrogens (tertiary/aromatic N) is 2. The molecule has 3 nitrogen and oxygen atoms in total. The highest BCUT2D eigenvalue weighted by atomic mass is 15.2. The third-order valence-corrected chi connectivity index (χ3v) is 3.56. The second-order valence-corrected chi connectivity index (χ2v) is 5.33. The van der Waals surface area contributed by atoms with Crippen LogP contribution in [0.1, 0.15) is 25.8 Å². The SMILES string of the molecule is CC1(C)CC1NCc1cnn2ccccc12. The van der Waals surface area contributed by atoms with Gasteiger partial charge < -0.3 is 5.32 Å². The van der Waals surface area contributed by atoms with Gasteiger partial charge in [0, 0.05) is 24.3 Å². The minimum atomic E-state index is 0.489. The van der Waals surface area contributed by atoms with Crippen molar-refractivity contribution < 1.29 is 0 Å². The first-order valence-corrected chi connectivity index (χ1v) is 5.81. The van der Waals surface area contributed by atoms with E-state index in [9.17, 15) is 0 Å². The minimum Gasteiger partial charge on any atom is -0.309 e. The van der Waals surface area contributed by atoms with Crippen LogP contribution in [0.4, 0.5) is 0 Å². The summed E-state index contributed by atoms with van der Waals surface area (Å²) >= 11 is 0. The van der Waals surface area contributed by atoms with E-state index in [2.05, 4.69) is 36.4 Å². The Kier molecular flexibility index (Phi) is 2.04. The van der Waals surface area contributed by atoms with Crippen LogP contribution in [0, 0.1) is 5.41 Å². The molecule has 2 aromatic rings. The van der Waals surface area contributed by atoms with Gasteiger partial charge in [-0.05, 0) is 24.0 Å². The predicted octanol–water partition coefficient (Wildman–Crippen LogP) is 2.22. The van der Waals surface area contributed by atoms with E-state index >= 15 is 0 Å². The number of pyridine rings is 1. The lowest BCUT2D eigenvalue weighted by atomic mass is 10.2. The third kappa shape index (κ3) is 1.61. The van der Waals surface area contributed by atoms with Crippen molar-refractivity contribution in [3.05, 3.63) is 36.2 Å². The van der Waals surface area contributed by atoms with Crippen LogP contribution < -0.4 is 5.32 Å². The summed E-state index contributed by atoms with van der Waals surface area (Å²) in [6.07, 6.45) is 5.23. The zero-order valence-corrected chi connectivity index (χ0v) is 9.77. The van der Waals surface area contributed by atoms with Gasteiger partial charge in [-0.1, -0.05) is 19.9 Å². The molecule has 0 aromatic carbocycles. The topological polar surface area (TPSA) is 29.3 Å². The quantitative estimate of drug-likeness (QED) is 0.850. The molecule has 2 aromatic heterocycles. The number of hydrogen-bond donors (Lipinski definition) is 1. The second-order valence-electron chi connectivity index (χ2n) is 5.33. The maximum atomic E-state index is 4.33. The fourth-order valence-electron chi connectivity index (χ4n) is 2.17. The van der Waals surface area contributed by atoms with Gasteiger partial charge in [0.05, 0.1) is 11.7 Å². The summed E-state index contributed by atoms with van der Waals surface area (Å²) in [6.45, 7) is 5.53. The van der Waals surface area contributed by atoms with E-state index in [1.54, 1.807) is 0 Å². The molecule has 2 heterocycles. The first-order chi connectivity index (χ1) is 7.67. The van der Waals surface area contributed by atoms with Crippen LogP contribution >= 0.6 is 0 Å². The summed E-state index contributed by atoms with van der Waals surface area (Å²) in [5, 5.41) is 7.92. The average Bonchev–Trinajstić information content (AvgIpc) is 2.73. The monoisotopic (exact) mass is 215 g/mol. The van der Waals surface area contributed by atoms with Crippen LogP contribution in [-0.4, -0.2) is 15.7 Å². The van der Waals surface area contributed by atoms with Crippen LogP contribution in [-0.2, 0) is 6.54 Å². The Balaban J connectivity index is 1.75. The molecule has 1 N–H and O–H groups in total. The lowest BCUT2D eigenvalue weighted by molar-refractivity contribution is 0.543. The van der Waals surface area contributed by atoms with Gasteiger partial charge in [-0.25, -0.2) is 4.52 Å². The van der Waals surface area contributed by atoms with E-state index in [0.717, 1.165) is 6.54 Å². The molecule has 1 atom stereocenters. The van der Waals surface area contributed by atoms with E-state index in [4.69, 9.17) is 0 Å². The maximum absolute atomic E-state index is 4.33. The summed E-state index contributed by atoms with van der Waals surface area (Å²) in [5.41, 5.74) is 2.97. The minimum absolute atomic E-state index is 0.489. The molecule has 1 fully saturated rings. The normalized spacial score (nSPS) is 22.5. The van der Waals surface area contributed by atoms with Crippen LogP contribution in [0.5, 0.6) is 0 Å². The van der Waals surface area contributed by atoms with Gasteiger partial charge in [-0.3, -0.25) is 0 Å². The van der Waals surface area contributed by atoms with Crippen molar-refractivity contribution in [2.45, 2.75) is 32.9 Å². The highest BCUT2D eigenvalue weighted by Crippen LogP contribution is 2.44. The van der Waals surface area contributed by atoms with E-state index in [-0.39, 0.29) is 0 Å². The summed E-state index contributed by atoms with van der Waals surface area (Å²) in [5.74, 6) is 0. The number of aromatic nitrogens is 2. The first kappa shape index (κ1) is 9.85. The van der Waals surface area contributed by atoms with E-state index in [1.807, 2.05) is 23.0 Å². The Labute approximate surface area is 95.5 Å². The standard InChI is InChI=1S/C13H17N3/c1-13(2)7-12(13)14-8-10-9-15-16-6-4-3-5-11(10)16/h3-6,9,12,14H,7-8H2,1-2H3. The summed E-state index contributed by atoms with van der Waals surface area (Å²) in [4.78, 5) is 0. The fourth-order valence-corrected chi connectivity index (χ4v) is 2.17. The Morgan fingerprint density at radius 1 is 1.50 bits per heavy atom. The number of fused-ring (bicyclic) bond motifs is 1. The van der Waals surface area contributed by atoms with Crippen LogP contribution in [0.15, 0.2) is 30.6 Å². The van der Waals surface area contributed by atoms with E-state index < -0.39 is 0 Å². The number of rotatable bonds is 3. The molecule has 16 heavy (non-hydrogen) atoms. The molecule has 3 heteroatoms. The Hall–Kier alpha value is -1.35. The molecule has 0 spiro atoms. The lowest BCUT2D eigenvalue weighted by Crippen LogP contribution is -2.19. The maximum Gasteiger partial charge on any atom is 0.0706 e. The van der Waals surface area contributed by atoms with Crippen LogP contribution in [0.2, 0.25) is 0 Å². The molecule has 1 aliphatic carbocycles. The summed E-state index contributed by atoms with van der Waals surface area (Å²) in [7, 11) is 0. The van der Waals surface area contributed by atoms with Crippen molar-refractivity contribution in [2.75, 3.05) is 0 Å². The first-order valence-electron chi connectivity index (χ1n) is 5.81. The Morgan fingerprint density at radius 3 is 3.06 bits per heavy atom. The Morgan fingerprint density at radius 2 is 2.31 bits per heavy atom. The second kappa shape index (κ2) is 3.32. The van der Waals surface area contributed by atoms with Gasteiger partial charge in [0.15, 0.2) is 0 Å². The zero-order chi connectivity index (χ0) is 11.2. The van der Waals surface area contributed by atoms with E-state index in [0.29, 0.717) is 11.5 Å². The van der Waals surface area contributed by atoms with Crippen LogP contribution in [0.3, 0.4) is 0 Å². The highest BCUT2D eigenvalue weighted by Gasteiger charge is 2.45. The molecule has 0 bridgehead atoms. The molecule has 1 unspecified atom stereocenters. The zero-order valence-electron chi connectivity index (χ0n) is 9.77. The number of hydrogen-bond acceptors (Lipinski definition) is 2. The van der Waals surface area contributed by atoms with Gasteiger partial charge >= 0.3 is 0 Å². The molecule has 1 saturated carbocycles. The molecule has 0 saturated heterocycles. The van der Waals surface area contributed by atoms with Crippen molar-refractivity contribution in [3.63, 3.8) is 0 Å². The molecule has 0 aliphatic heterocycles. The molecule has 3 rings (SSSR count). The molecule has 84 valence electrons. The van der Waals surface area contributed by atoms with Crippen molar-refractivity contribution in [1.82, 2.24) is 14.9 Å². The molecule has 0 radical (unpaired) electrons. The van der Waals surface area contributed by atoms with Gasteiger partial charge in [0.2, 0.25) is 0 Å². The smallest absolute Gasteiger partial charge is 0.0706 e. The van der Waals surface area contributed by atoms with Crippen molar-refractivity contribution in [3.8, 4) is 0 Å². The van der Waals surface area contributed by atoms with Crippen LogP contribution in [0.25, 0.3) is 5.52 Å². The van der Waals surface area contributed by atoms with Gasteiger partial charge in [0.1, 0.15) is 0 Å². The summed E-state index contributed by atoms with van der Waals surface area (Å²) in [6, 6.07) is 6.84. The summed E-state index contributed by atoms with van der Waals surface area (Å²) < 4.78 is 1.93. The molecular formula is C13H17N3. The fraction of sp³-hybridized carbons (Fsp3) is 0.462. The van der Waals surface area contributed by atoms with E-state index in [1.165, 1.54) is 17.5 Å². The van der Waals surface area contributed by atoms with Gasteiger partial charge in [-0.15, -0.1) is 0 Å². The lowest BCUT2D eigenvalue weighted by Gasteiger charge is -2.05. The Bertz CT molecular complexity index is 513. The van der Waals surface area contributed by atoms with Gasteiger partial charge in [0.25, 0.3) is 0 Å². The molecule has 0 amide bonds. The molecule has 1 aliphatic rings. The molecular weight excluding hydrogens is 198 g/mol. The average molecular weight is 215 g/mol. The van der Waals surface area contributed by atoms with Crippen molar-refractivity contribution >= 4 is 5.52 Å². The predicted molar refractivity (Wildman–Crippen MR) is 64.2 cm³/mol. The third-order valence-electron chi connectivity index (χ3n) is 3.56. The number of nitrogens with one attached hydrogen (secondary N) is 1. The largest absolute Gasteiger partial charge is 0.309 e.